The molecular weight excluding hydrogens is 398 g/mol. The molecule has 1 N–H and O–H groups in total. The van der Waals surface area contributed by atoms with Crippen molar-refractivity contribution in [3.05, 3.63) is 83.9 Å². The van der Waals surface area contributed by atoms with Crippen molar-refractivity contribution in [3.8, 4) is 5.69 Å². The zero-order chi connectivity index (χ0) is 21.5. The molecule has 2 bridgehead atoms. The Bertz CT molecular complexity index is 1090. The minimum Gasteiger partial charge on any atom is -0.334 e. The molecule has 7 rings (SSSR count). The number of carbonyl (C=O) groups excluding carboxylic acids is 1. The Morgan fingerprint density at radius 1 is 1.00 bits per heavy atom. The van der Waals surface area contributed by atoms with Gasteiger partial charge in [-0.1, -0.05) is 36.4 Å². The van der Waals surface area contributed by atoms with E-state index in [0.717, 1.165) is 30.8 Å². The van der Waals surface area contributed by atoms with Gasteiger partial charge in [0.1, 0.15) is 0 Å². The average Bonchev–Trinajstić information content (AvgIpc) is 3.39. The van der Waals surface area contributed by atoms with Crippen LogP contribution in [0.15, 0.2) is 67.3 Å². The Balaban J connectivity index is 1.30. The van der Waals surface area contributed by atoms with Gasteiger partial charge in [-0.05, 0) is 67.1 Å². The monoisotopic (exact) mass is 427 g/mol. The topological polar surface area (TPSA) is 53.4 Å². The van der Waals surface area contributed by atoms with Crippen LogP contribution in [0.4, 0.5) is 4.79 Å². The lowest BCUT2D eigenvalue weighted by Crippen LogP contribution is -2.59. The first kappa shape index (κ1) is 19.6. The van der Waals surface area contributed by atoms with E-state index < -0.39 is 0 Å². The second-order valence-corrected chi connectivity index (χ2v) is 9.30. The minimum absolute atomic E-state index is 0.0712. The molecule has 0 spiro atoms. The van der Waals surface area contributed by atoms with Crippen LogP contribution in [0.25, 0.3) is 5.69 Å². The van der Waals surface area contributed by atoms with Gasteiger partial charge in [0.25, 0.3) is 0 Å². The van der Waals surface area contributed by atoms with Gasteiger partial charge in [-0.25, -0.2) is 9.78 Å². The third-order valence-corrected chi connectivity index (χ3v) is 7.52. The largest absolute Gasteiger partial charge is 0.334 e. The number of fused-ring (bicyclic) bond motifs is 4. The highest BCUT2D eigenvalue weighted by atomic mass is 16.2. The van der Waals surface area contributed by atoms with Gasteiger partial charge < -0.3 is 19.7 Å². The predicted octanol–water partition coefficient (Wildman–Crippen LogP) is 3.62. The van der Waals surface area contributed by atoms with Crippen LogP contribution in [0.1, 0.15) is 35.6 Å². The number of rotatable bonds is 3. The van der Waals surface area contributed by atoms with E-state index in [1.54, 1.807) is 12.5 Å². The van der Waals surface area contributed by atoms with Crippen molar-refractivity contribution in [3.63, 3.8) is 0 Å². The van der Waals surface area contributed by atoms with E-state index >= 15 is 0 Å². The standard InChI is InChI=1S/C26H29N5O/c32-26(28-24-17-29-13-9-20(24)10-14-29)31-15-11-19-3-1-2-4-23(19)25(31)21-5-7-22(8-6-21)30-16-12-27-18-30/h1-8,12,16,18,20,24-25H,9-11,13-15,17H2,(H,28,32)/t24-,25-/m1/s1. The third-order valence-electron chi connectivity index (χ3n) is 7.52. The molecule has 164 valence electrons. The Kier molecular flexibility index (Phi) is 4.95. The summed E-state index contributed by atoms with van der Waals surface area (Å²) in [6.07, 6.45) is 8.83. The number of nitrogens with zero attached hydrogens (tertiary/aromatic N) is 4. The van der Waals surface area contributed by atoms with Crippen molar-refractivity contribution in [2.24, 2.45) is 5.92 Å². The highest BCUT2D eigenvalue weighted by Gasteiger charge is 2.38. The SMILES string of the molecule is O=C(N[C@@H]1CN2CCC1CC2)N1CCc2ccccc2[C@H]1c1ccc(-n2ccnc2)cc1. The summed E-state index contributed by atoms with van der Waals surface area (Å²) in [4.78, 5) is 22.3. The molecule has 0 saturated carbocycles. The first-order chi connectivity index (χ1) is 15.8. The van der Waals surface area contributed by atoms with Crippen LogP contribution in [0.5, 0.6) is 0 Å². The molecule has 2 aromatic carbocycles. The van der Waals surface area contributed by atoms with E-state index in [1.165, 1.54) is 37.1 Å². The summed E-state index contributed by atoms with van der Waals surface area (Å²) in [5.41, 5.74) is 4.78. The second-order valence-electron chi connectivity index (χ2n) is 9.30. The van der Waals surface area contributed by atoms with Crippen LogP contribution in [-0.2, 0) is 6.42 Å². The zero-order valence-electron chi connectivity index (χ0n) is 18.2. The summed E-state index contributed by atoms with van der Waals surface area (Å²) in [5, 5.41) is 3.42. The summed E-state index contributed by atoms with van der Waals surface area (Å²) >= 11 is 0. The summed E-state index contributed by atoms with van der Waals surface area (Å²) in [7, 11) is 0. The fourth-order valence-electron chi connectivity index (χ4n) is 5.76. The molecule has 2 amide bonds. The average molecular weight is 428 g/mol. The van der Waals surface area contributed by atoms with Crippen LogP contribution >= 0.6 is 0 Å². The maximum absolute atomic E-state index is 13.6. The van der Waals surface area contributed by atoms with E-state index in [4.69, 9.17) is 0 Å². The van der Waals surface area contributed by atoms with E-state index in [-0.39, 0.29) is 18.1 Å². The Morgan fingerprint density at radius 2 is 1.81 bits per heavy atom. The molecule has 6 nitrogen and oxygen atoms in total. The molecule has 3 saturated heterocycles. The van der Waals surface area contributed by atoms with Crippen LogP contribution in [0.2, 0.25) is 0 Å². The quantitative estimate of drug-likeness (QED) is 0.695. The van der Waals surface area contributed by atoms with Crippen molar-refractivity contribution in [1.82, 2.24) is 24.7 Å². The fourth-order valence-corrected chi connectivity index (χ4v) is 5.76. The molecule has 2 atom stereocenters. The van der Waals surface area contributed by atoms with Gasteiger partial charge in [0.05, 0.1) is 12.4 Å². The lowest BCUT2D eigenvalue weighted by atomic mass is 9.84. The maximum Gasteiger partial charge on any atom is 0.318 e. The summed E-state index contributed by atoms with van der Waals surface area (Å²) in [6.45, 7) is 4.09. The molecule has 5 heterocycles. The van der Waals surface area contributed by atoms with Crippen LogP contribution in [-0.4, -0.2) is 57.6 Å². The van der Waals surface area contributed by atoms with Crippen molar-refractivity contribution in [1.29, 1.82) is 0 Å². The van der Waals surface area contributed by atoms with Crippen molar-refractivity contribution in [2.75, 3.05) is 26.2 Å². The lowest BCUT2D eigenvalue weighted by Gasteiger charge is -2.46. The number of aromatic nitrogens is 2. The van der Waals surface area contributed by atoms with Crippen molar-refractivity contribution < 1.29 is 4.79 Å². The number of benzene rings is 2. The van der Waals surface area contributed by atoms with Crippen molar-refractivity contribution >= 4 is 6.03 Å². The summed E-state index contributed by atoms with van der Waals surface area (Å²) in [6, 6.07) is 17.3. The first-order valence-electron chi connectivity index (χ1n) is 11.7. The minimum atomic E-state index is -0.0714. The van der Waals surface area contributed by atoms with Gasteiger partial charge in [0, 0.05) is 37.2 Å². The predicted molar refractivity (Wildman–Crippen MR) is 124 cm³/mol. The zero-order valence-corrected chi connectivity index (χ0v) is 18.2. The molecule has 4 aliphatic heterocycles. The molecule has 3 fully saturated rings. The number of piperidine rings is 3. The highest BCUT2D eigenvalue weighted by molar-refractivity contribution is 5.76. The van der Waals surface area contributed by atoms with Gasteiger partial charge in [-0.3, -0.25) is 0 Å². The van der Waals surface area contributed by atoms with Crippen LogP contribution < -0.4 is 5.32 Å². The Hall–Kier alpha value is -3.12. The van der Waals surface area contributed by atoms with E-state index in [9.17, 15) is 4.79 Å². The lowest BCUT2D eigenvalue weighted by molar-refractivity contribution is 0.0715. The van der Waals surface area contributed by atoms with E-state index in [1.807, 2.05) is 15.7 Å². The summed E-state index contributed by atoms with van der Waals surface area (Å²) < 4.78 is 2.00. The van der Waals surface area contributed by atoms with Crippen LogP contribution in [0, 0.1) is 5.92 Å². The molecule has 6 heteroatoms. The van der Waals surface area contributed by atoms with E-state index in [2.05, 4.69) is 63.7 Å². The number of hydrogen-bond donors (Lipinski definition) is 1. The molecule has 0 radical (unpaired) electrons. The van der Waals surface area contributed by atoms with Gasteiger partial charge in [0.2, 0.25) is 0 Å². The van der Waals surface area contributed by atoms with Gasteiger partial charge in [-0.15, -0.1) is 0 Å². The fraction of sp³-hybridized carbons (Fsp3) is 0.385. The Morgan fingerprint density at radius 3 is 2.53 bits per heavy atom. The highest BCUT2D eigenvalue weighted by Crippen LogP contribution is 2.36. The molecule has 4 aliphatic rings. The molecule has 32 heavy (non-hydrogen) atoms. The number of imidazole rings is 1. The molecule has 0 unspecified atom stereocenters. The Labute approximate surface area is 188 Å². The molecule has 3 aromatic rings. The van der Waals surface area contributed by atoms with Crippen LogP contribution in [0.3, 0.4) is 0 Å². The molecule has 1 aromatic heterocycles. The first-order valence-corrected chi connectivity index (χ1v) is 11.7. The third kappa shape index (κ3) is 3.48. The van der Waals surface area contributed by atoms with Gasteiger partial charge in [0.15, 0.2) is 0 Å². The number of hydrogen-bond acceptors (Lipinski definition) is 3. The maximum atomic E-state index is 13.6. The second kappa shape index (κ2) is 8.10. The normalized spacial score (nSPS) is 26.6. The molecule has 0 aliphatic carbocycles. The summed E-state index contributed by atoms with van der Waals surface area (Å²) in [5.74, 6) is 0.619. The number of nitrogens with one attached hydrogen (secondary N) is 1. The van der Waals surface area contributed by atoms with Gasteiger partial charge in [-0.2, -0.15) is 0 Å². The molecular formula is C26H29N5O. The number of carbonyl (C=O) groups is 1. The smallest absolute Gasteiger partial charge is 0.318 e. The van der Waals surface area contributed by atoms with Gasteiger partial charge >= 0.3 is 6.03 Å². The van der Waals surface area contributed by atoms with E-state index in [0.29, 0.717) is 5.92 Å². The number of urea groups is 1. The van der Waals surface area contributed by atoms with Crippen molar-refractivity contribution in [2.45, 2.75) is 31.3 Å². The number of amides is 2.